The average Bonchev–Trinajstić information content (AvgIpc) is 3.56. The minimum atomic E-state index is -0.172. The third-order valence-corrected chi connectivity index (χ3v) is 7.28. The molecule has 192 valence electrons. The van der Waals surface area contributed by atoms with E-state index in [1.54, 1.807) is 22.3 Å². The zero-order valence-corrected chi connectivity index (χ0v) is 20.9. The van der Waals surface area contributed by atoms with E-state index in [-0.39, 0.29) is 17.9 Å². The van der Waals surface area contributed by atoms with E-state index in [2.05, 4.69) is 14.9 Å². The summed E-state index contributed by atoms with van der Waals surface area (Å²) in [6.07, 6.45) is 11.8. The van der Waals surface area contributed by atoms with Crippen molar-refractivity contribution in [3.63, 3.8) is 0 Å². The Morgan fingerprint density at radius 3 is 2.69 bits per heavy atom. The van der Waals surface area contributed by atoms with Gasteiger partial charge in [-0.05, 0) is 37.5 Å². The Morgan fingerprint density at radius 2 is 1.94 bits per heavy atom. The highest BCUT2D eigenvalue weighted by Gasteiger charge is 2.26. The fourth-order valence-corrected chi connectivity index (χ4v) is 5.17. The van der Waals surface area contributed by atoms with Crippen LogP contribution in [0.5, 0.6) is 0 Å². The summed E-state index contributed by atoms with van der Waals surface area (Å²) in [6.45, 7) is 3.70. The Balaban J connectivity index is 1.38. The number of carbonyl (C=O) groups is 2. The first-order valence-corrected chi connectivity index (χ1v) is 13.0. The molecule has 2 fully saturated rings. The molecule has 10 nitrogen and oxygen atoms in total. The van der Waals surface area contributed by atoms with Crippen molar-refractivity contribution in [2.75, 3.05) is 43.6 Å². The number of aromatic nitrogens is 4. The molecule has 1 N–H and O–H groups in total. The standard InChI is InChI=1S/C26H35N7O3/c1-30(24(34)20-6-3-2-4-7-20)21-8-9-23-22(18-21)28-25(29-26(35)32-14-16-36-17-15-32)33(23)12-5-11-31-13-10-27-19-31/h8-10,13,18-20H,2-7,11-12,14-17H2,1H3,(H,28,29,35). The molecule has 36 heavy (non-hydrogen) atoms. The molecule has 5 rings (SSSR count). The van der Waals surface area contributed by atoms with Crippen LogP contribution in [-0.4, -0.2) is 69.3 Å². The van der Waals surface area contributed by atoms with Crippen LogP contribution in [0.1, 0.15) is 38.5 Å². The summed E-state index contributed by atoms with van der Waals surface area (Å²) in [7, 11) is 1.85. The highest BCUT2D eigenvalue weighted by molar-refractivity contribution is 5.97. The van der Waals surface area contributed by atoms with E-state index in [1.165, 1.54) is 6.42 Å². The Bertz CT molecular complexity index is 1180. The number of amides is 3. The Morgan fingerprint density at radius 1 is 1.14 bits per heavy atom. The predicted octanol–water partition coefficient (Wildman–Crippen LogP) is 3.73. The molecule has 0 bridgehead atoms. The molecule has 3 heterocycles. The van der Waals surface area contributed by atoms with Crippen molar-refractivity contribution < 1.29 is 14.3 Å². The molecule has 2 aliphatic rings. The molecule has 3 aromatic rings. The predicted molar refractivity (Wildman–Crippen MR) is 138 cm³/mol. The van der Waals surface area contributed by atoms with Crippen molar-refractivity contribution in [1.29, 1.82) is 0 Å². The van der Waals surface area contributed by atoms with Crippen LogP contribution in [0.2, 0.25) is 0 Å². The highest BCUT2D eigenvalue weighted by atomic mass is 16.5. The fraction of sp³-hybridized carbons (Fsp3) is 0.538. The monoisotopic (exact) mass is 493 g/mol. The number of carbonyl (C=O) groups excluding carboxylic acids is 2. The van der Waals surface area contributed by atoms with Gasteiger partial charge in [-0.15, -0.1) is 0 Å². The number of fused-ring (bicyclic) bond motifs is 1. The Labute approximate surface area is 211 Å². The first-order chi connectivity index (χ1) is 17.6. The average molecular weight is 494 g/mol. The van der Waals surface area contributed by atoms with Crippen molar-refractivity contribution >= 4 is 34.6 Å². The second-order valence-corrected chi connectivity index (χ2v) is 9.68. The van der Waals surface area contributed by atoms with Crippen LogP contribution in [-0.2, 0) is 22.6 Å². The number of rotatable bonds is 7. The third kappa shape index (κ3) is 5.38. The van der Waals surface area contributed by atoms with E-state index in [9.17, 15) is 9.59 Å². The van der Waals surface area contributed by atoms with Crippen molar-refractivity contribution in [2.45, 2.75) is 51.6 Å². The molecule has 10 heteroatoms. The van der Waals surface area contributed by atoms with Gasteiger partial charge in [0.1, 0.15) is 0 Å². The second-order valence-electron chi connectivity index (χ2n) is 9.68. The van der Waals surface area contributed by atoms with Crippen LogP contribution in [0.15, 0.2) is 36.9 Å². The molecular formula is C26H35N7O3. The second kappa shape index (κ2) is 11.1. The topological polar surface area (TPSA) is 97.5 Å². The number of benzene rings is 1. The van der Waals surface area contributed by atoms with Crippen LogP contribution in [0, 0.1) is 5.92 Å². The van der Waals surface area contributed by atoms with Gasteiger partial charge in [0.05, 0.1) is 30.6 Å². The van der Waals surface area contributed by atoms with E-state index in [4.69, 9.17) is 9.72 Å². The van der Waals surface area contributed by atoms with E-state index in [0.717, 1.165) is 55.4 Å². The van der Waals surface area contributed by atoms with Gasteiger partial charge in [0.15, 0.2) is 0 Å². The summed E-state index contributed by atoms with van der Waals surface area (Å²) in [5.74, 6) is 0.795. The molecule has 1 aromatic carbocycles. The normalized spacial score (nSPS) is 16.9. The van der Waals surface area contributed by atoms with Gasteiger partial charge in [0, 0.05) is 57.2 Å². The van der Waals surface area contributed by atoms with Crippen LogP contribution in [0.3, 0.4) is 0 Å². The molecule has 1 saturated carbocycles. The van der Waals surface area contributed by atoms with E-state index in [1.807, 2.05) is 36.0 Å². The number of anilines is 2. The molecule has 0 unspecified atom stereocenters. The first kappa shape index (κ1) is 24.3. The van der Waals surface area contributed by atoms with Crippen molar-refractivity contribution in [1.82, 2.24) is 24.0 Å². The number of hydrogen-bond acceptors (Lipinski definition) is 5. The van der Waals surface area contributed by atoms with Gasteiger partial charge in [0.25, 0.3) is 0 Å². The zero-order valence-electron chi connectivity index (χ0n) is 20.9. The van der Waals surface area contributed by atoms with Gasteiger partial charge < -0.3 is 23.7 Å². The van der Waals surface area contributed by atoms with E-state index >= 15 is 0 Å². The van der Waals surface area contributed by atoms with Gasteiger partial charge in [-0.2, -0.15) is 0 Å². The SMILES string of the molecule is CN(C(=O)C1CCCCC1)c1ccc2c(c1)nc(NC(=O)N1CCOCC1)n2CCCn1ccnc1. The van der Waals surface area contributed by atoms with Gasteiger partial charge in [-0.25, -0.2) is 14.8 Å². The summed E-state index contributed by atoms with van der Waals surface area (Å²) >= 11 is 0. The maximum atomic E-state index is 13.1. The number of nitrogens with zero attached hydrogens (tertiary/aromatic N) is 6. The molecule has 1 aliphatic heterocycles. The number of ether oxygens (including phenoxy) is 1. The quantitative estimate of drug-likeness (QED) is 0.541. The van der Waals surface area contributed by atoms with Crippen LogP contribution < -0.4 is 10.2 Å². The van der Waals surface area contributed by atoms with Crippen molar-refractivity contribution in [3.05, 3.63) is 36.9 Å². The number of imidazole rings is 2. The van der Waals surface area contributed by atoms with Crippen molar-refractivity contribution in [2.24, 2.45) is 5.92 Å². The maximum Gasteiger partial charge on any atom is 0.324 e. The van der Waals surface area contributed by atoms with Gasteiger partial charge >= 0.3 is 6.03 Å². The van der Waals surface area contributed by atoms with Crippen molar-refractivity contribution in [3.8, 4) is 0 Å². The Hall–Kier alpha value is -3.40. The third-order valence-electron chi connectivity index (χ3n) is 7.28. The molecule has 0 spiro atoms. The Kier molecular flexibility index (Phi) is 7.50. The van der Waals surface area contributed by atoms with Crippen LogP contribution >= 0.6 is 0 Å². The minimum absolute atomic E-state index is 0.101. The summed E-state index contributed by atoms with van der Waals surface area (Å²) in [4.78, 5) is 38.5. The smallest absolute Gasteiger partial charge is 0.324 e. The summed E-state index contributed by atoms with van der Waals surface area (Å²) in [5.41, 5.74) is 2.52. The maximum absolute atomic E-state index is 13.1. The lowest BCUT2D eigenvalue weighted by Gasteiger charge is -2.26. The van der Waals surface area contributed by atoms with Gasteiger partial charge in [-0.1, -0.05) is 19.3 Å². The first-order valence-electron chi connectivity index (χ1n) is 13.0. The van der Waals surface area contributed by atoms with Crippen LogP contribution in [0.25, 0.3) is 11.0 Å². The molecule has 2 aromatic heterocycles. The molecule has 1 saturated heterocycles. The molecule has 3 amide bonds. The lowest BCUT2D eigenvalue weighted by atomic mass is 9.88. The summed E-state index contributed by atoms with van der Waals surface area (Å²) in [6, 6.07) is 5.76. The number of morpholine rings is 1. The van der Waals surface area contributed by atoms with E-state index in [0.29, 0.717) is 38.8 Å². The van der Waals surface area contributed by atoms with E-state index < -0.39 is 0 Å². The number of aryl methyl sites for hydroxylation is 2. The molecular weight excluding hydrogens is 458 g/mol. The molecule has 1 aliphatic carbocycles. The molecule has 0 radical (unpaired) electrons. The number of hydrogen-bond donors (Lipinski definition) is 1. The van der Waals surface area contributed by atoms with Gasteiger partial charge in [-0.3, -0.25) is 10.1 Å². The van der Waals surface area contributed by atoms with Gasteiger partial charge in [0.2, 0.25) is 11.9 Å². The number of urea groups is 1. The minimum Gasteiger partial charge on any atom is -0.378 e. The zero-order chi connectivity index (χ0) is 24.9. The number of nitrogens with one attached hydrogen (secondary N) is 1. The fourth-order valence-electron chi connectivity index (χ4n) is 5.17. The summed E-state index contributed by atoms with van der Waals surface area (Å²) in [5, 5.41) is 3.02. The molecule has 0 atom stereocenters. The lowest BCUT2D eigenvalue weighted by molar-refractivity contribution is -0.123. The highest BCUT2D eigenvalue weighted by Crippen LogP contribution is 2.29. The largest absolute Gasteiger partial charge is 0.378 e. The lowest BCUT2D eigenvalue weighted by Crippen LogP contribution is -2.43. The summed E-state index contributed by atoms with van der Waals surface area (Å²) < 4.78 is 9.47. The van der Waals surface area contributed by atoms with Crippen LogP contribution in [0.4, 0.5) is 16.4 Å².